The SMILES string of the molecule is O=c1[nH]c(C2=C[C@H](N3CCN(c4ccc(Cl)cc4Cl)CC3)CC2)nc2c1CC1(CC2)CC1. The van der Waals surface area contributed by atoms with Gasteiger partial charge in [-0.15, -0.1) is 0 Å². The Balaban J connectivity index is 1.14. The van der Waals surface area contributed by atoms with Crippen LogP contribution in [-0.2, 0) is 12.8 Å². The summed E-state index contributed by atoms with van der Waals surface area (Å²) in [4.78, 5) is 25.7. The minimum absolute atomic E-state index is 0.0915. The van der Waals surface area contributed by atoms with Crippen LogP contribution in [0.15, 0.2) is 29.1 Å². The number of nitrogens with one attached hydrogen (secondary N) is 1. The van der Waals surface area contributed by atoms with Crippen LogP contribution < -0.4 is 10.5 Å². The number of hydrogen-bond acceptors (Lipinski definition) is 4. The second kappa shape index (κ2) is 7.89. The number of halogens is 2. The molecular formula is C25H28Cl2N4O. The standard InChI is InChI=1S/C25H28Cl2N4O/c26-17-2-4-22(20(27)14-17)31-11-9-30(10-12-31)18-3-1-16(13-18)23-28-21-5-6-25(7-8-25)15-19(21)24(32)29-23/h2,4,13-14,18H,1,3,5-12,15H2,(H,28,29,32)/t18-/m1/s1. The fourth-order valence-corrected chi connectivity index (χ4v) is 6.28. The predicted molar refractivity (Wildman–Crippen MR) is 130 cm³/mol. The van der Waals surface area contributed by atoms with Gasteiger partial charge >= 0.3 is 0 Å². The normalized spacial score (nSPS) is 24.5. The maximum Gasteiger partial charge on any atom is 0.254 e. The predicted octanol–water partition coefficient (Wildman–Crippen LogP) is 4.71. The van der Waals surface area contributed by atoms with Gasteiger partial charge in [0, 0.05) is 42.8 Å². The van der Waals surface area contributed by atoms with E-state index in [4.69, 9.17) is 28.2 Å². The van der Waals surface area contributed by atoms with Crippen molar-refractivity contribution in [3.63, 3.8) is 0 Å². The molecule has 5 nitrogen and oxygen atoms in total. The van der Waals surface area contributed by atoms with Gasteiger partial charge in [0.05, 0.1) is 16.4 Å². The van der Waals surface area contributed by atoms with Gasteiger partial charge in [0.15, 0.2) is 0 Å². The van der Waals surface area contributed by atoms with Crippen molar-refractivity contribution in [1.82, 2.24) is 14.9 Å². The molecule has 1 aromatic carbocycles. The molecule has 7 heteroatoms. The van der Waals surface area contributed by atoms with E-state index in [9.17, 15) is 4.79 Å². The Morgan fingerprint density at radius 1 is 1.06 bits per heavy atom. The van der Waals surface area contributed by atoms with Crippen molar-refractivity contribution in [1.29, 1.82) is 0 Å². The van der Waals surface area contributed by atoms with E-state index in [0.717, 1.165) is 74.6 Å². The molecule has 0 unspecified atom stereocenters. The number of H-pyrrole nitrogens is 1. The number of benzene rings is 1. The maximum absolute atomic E-state index is 12.8. The van der Waals surface area contributed by atoms with Crippen molar-refractivity contribution < 1.29 is 0 Å². The Labute approximate surface area is 198 Å². The fraction of sp³-hybridized carbons (Fsp3) is 0.520. The average Bonchev–Trinajstić information content (AvgIpc) is 3.35. The molecule has 6 rings (SSSR count). The van der Waals surface area contributed by atoms with Gasteiger partial charge in [-0.1, -0.05) is 29.3 Å². The van der Waals surface area contributed by atoms with Gasteiger partial charge in [-0.3, -0.25) is 9.69 Å². The Morgan fingerprint density at radius 2 is 1.88 bits per heavy atom. The molecule has 1 spiro atoms. The van der Waals surface area contributed by atoms with Gasteiger partial charge in [0.2, 0.25) is 0 Å². The highest BCUT2D eigenvalue weighted by Gasteiger charge is 2.45. The Bertz CT molecular complexity index is 1150. The first-order valence-electron chi connectivity index (χ1n) is 11.8. The lowest BCUT2D eigenvalue weighted by molar-refractivity contribution is 0.214. The number of aryl methyl sites for hydroxylation is 1. The highest BCUT2D eigenvalue weighted by atomic mass is 35.5. The molecule has 0 radical (unpaired) electrons. The third-order valence-electron chi connectivity index (χ3n) is 7.94. The number of aromatic nitrogens is 2. The number of aromatic amines is 1. The monoisotopic (exact) mass is 470 g/mol. The van der Waals surface area contributed by atoms with E-state index in [-0.39, 0.29) is 5.56 Å². The van der Waals surface area contributed by atoms with Crippen LogP contribution in [0.25, 0.3) is 5.57 Å². The smallest absolute Gasteiger partial charge is 0.254 e. The molecule has 1 N–H and O–H groups in total. The Hall–Kier alpha value is -1.82. The quantitative estimate of drug-likeness (QED) is 0.705. The highest BCUT2D eigenvalue weighted by molar-refractivity contribution is 6.36. The molecule has 4 aliphatic rings. The number of anilines is 1. The lowest BCUT2D eigenvalue weighted by atomic mass is 9.84. The molecule has 1 aliphatic heterocycles. The zero-order valence-corrected chi connectivity index (χ0v) is 19.7. The number of nitrogens with zero attached hydrogens (tertiary/aromatic N) is 3. The second-order valence-corrected chi connectivity index (χ2v) is 10.8. The van der Waals surface area contributed by atoms with E-state index < -0.39 is 0 Å². The minimum Gasteiger partial charge on any atom is -0.368 e. The van der Waals surface area contributed by atoms with E-state index >= 15 is 0 Å². The van der Waals surface area contributed by atoms with Gasteiger partial charge in [-0.2, -0.15) is 0 Å². The largest absolute Gasteiger partial charge is 0.368 e. The van der Waals surface area contributed by atoms with Crippen LogP contribution in [0, 0.1) is 5.41 Å². The summed E-state index contributed by atoms with van der Waals surface area (Å²) in [6, 6.07) is 6.13. The first-order chi connectivity index (χ1) is 15.5. The molecule has 2 heterocycles. The molecule has 2 aromatic rings. The van der Waals surface area contributed by atoms with Crippen molar-refractivity contribution in [2.75, 3.05) is 31.1 Å². The van der Waals surface area contributed by atoms with Crippen LogP contribution in [0.1, 0.15) is 49.2 Å². The van der Waals surface area contributed by atoms with Gasteiger partial charge in [-0.25, -0.2) is 4.98 Å². The van der Waals surface area contributed by atoms with Crippen molar-refractivity contribution in [2.24, 2.45) is 5.41 Å². The summed E-state index contributed by atoms with van der Waals surface area (Å²) < 4.78 is 0. The van der Waals surface area contributed by atoms with Crippen molar-refractivity contribution >= 4 is 34.5 Å². The molecule has 3 aliphatic carbocycles. The maximum atomic E-state index is 12.8. The number of fused-ring (bicyclic) bond motifs is 1. The van der Waals surface area contributed by atoms with Crippen molar-refractivity contribution in [2.45, 2.75) is 51.0 Å². The Morgan fingerprint density at radius 3 is 2.62 bits per heavy atom. The summed E-state index contributed by atoms with van der Waals surface area (Å²) >= 11 is 12.5. The molecule has 0 amide bonds. The number of piperazine rings is 1. The fourth-order valence-electron chi connectivity index (χ4n) is 5.76. The number of rotatable bonds is 3. The average molecular weight is 471 g/mol. The zero-order valence-electron chi connectivity index (χ0n) is 18.2. The van der Waals surface area contributed by atoms with Crippen LogP contribution in [0.2, 0.25) is 10.0 Å². The van der Waals surface area contributed by atoms with E-state index in [1.54, 1.807) is 0 Å². The highest BCUT2D eigenvalue weighted by Crippen LogP contribution is 2.53. The van der Waals surface area contributed by atoms with Gasteiger partial charge in [-0.05, 0) is 74.1 Å². The van der Waals surface area contributed by atoms with E-state index in [0.29, 0.717) is 21.5 Å². The summed E-state index contributed by atoms with van der Waals surface area (Å²) in [5, 5.41) is 1.38. The van der Waals surface area contributed by atoms with E-state index in [1.807, 2.05) is 18.2 Å². The molecule has 1 saturated carbocycles. The van der Waals surface area contributed by atoms with Gasteiger partial charge in [0.25, 0.3) is 5.56 Å². The lowest BCUT2D eigenvalue weighted by Gasteiger charge is -2.39. The van der Waals surface area contributed by atoms with Crippen molar-refractivity contribution in [3.05, 3.63) is 61.8 Å². The summed E-state index contributed by atoms with van der Waals surface area (Å²) in [6.07, 6.45) is 10.0. The first kappa shape index (κ1) is 20.8. The second-order valence-electron chi connectivity index (χ2n) is 9.93. The summed E-state index contributed by atoms with van der Waals surface area (Å²) in [5.74, 6) is 0.801. The summed E-state index contributed by atoms with van der Waals surface area (Å²) in [5.41, 5.74) is 4.77. The third kappa shape index (κ3) is 3.78. The van der Waals surface area contributed by atoms with Crippen LogP contribution in [-0.4, -0.2) is 47.1 Å². The number of hydrogen-bond donors (Lipinski definition) is 1. The molecule has 32 heavy (non-hydrogen) atoms. The molecule has 0 bridgehead atoms. The number of allylic oxidation sites excluding steroid dienone is 1. The molecule has 1 saturated heterocycles. The molecule has 1 atom stereocenters. The lowest BCUT2D eigenvalue weighted by Crippen LogP contribution is -2.49. The minimum atomic E-state index is 0.0915. The summed E-state index contributed by atoms with van der Waals surface area (Å²) in [6.45, 7) is 3.86. The molecular weight excluding hydrogens is 443 g/mol. The summed E-state index contributed by atoms with van der Waals surface area (Å²) in [7, 11) is 0. The van der Waals surface area contributed by atoms with Gasteiger partial charge in [0.1, 0.15) is 5.82 Å². The van der Waals surface area contributed by atoms with E-state index in [1.165, 1.54) is 24.8 Å². The third-order valence-corrected chi connectivity index (χ3v) is 8.48. The van der Waals surface area contributed by atoms with Gasteiger partial charge < -0.3 is 9.88 Å². The zero-order chi connectivity index (χ0) is 21.9. The van der Waals surface area contributed by atoms with E-state index in [2.05, 4.69) is 20.9 Å². The van der Waals surface area contributed by atoms with Crippen LogP contribution in [0.3, 0.4) is 0 Å². The Kier molecular flexibility index (Phi) is 5.12. The molecule has 1 aromatic heterocycles. The van der Waals surface area contributed by atoms with Crippen LogP contribution in [0.5, 0.6) is 0 Å². The van der Waals surface area contributed by atoms with Crippen LogP contribution in [0.4, 0.5) is 5.69 Å². The molecule has 2 fully saturated rings. The van der Waals surface area contributed by atoms with Crippen molar-refractivity contribution in [3.8, 4) is 0 Å². The van der Waals surface area contributed by atoms with Crippen LogP contribution >= 0.6 is 23.2 Å². The molecule has 168 valence electrons. The first-order valence-corrected chi connectivity index (χ1v) is 12.5. The topological polar surface area (TPSA) is 52.2 Å².